The molecule has 0 aromatic carbocycles. The molecule has 0 bridgehead atoms. The molecule has 0 aliphatic carbocycles. The quantitative estimate of drug-likeness (QED) is 0.739. The van der Waals surface area contributed by atoms with Gasteiger partial charge in [0.25, 0.3) is 0 Å². The smallest absolute Gasteiger partial charge is 0.132 e. The highest BCUT2D eigenvalue weighted by Gasteiger charge is 2.17. The SMILES string of the molecule is OCCN1CCN=C1c1cccnc1. The Labute approximate surface area is 82.9 Å². The predicted molar refractivity (Wildman–Crippen MR) is 54.3 cm³/mol. The molecule has 74 valence electrons. The molecule has 0 saturated heterocycles. The van der Waals surface area contributed by atoms with Crippen molar-refractivity contribution in [3.8, 4) is 0 Å². The summed E-state index contributed by atoms with van der Waals surface area (Å²) in [6, 6.07) is 3.88. The lowest BCUT2D eigenvalue weighted by atomic mass is 10.2. The molecule has 1 aliphatic heterocycles. The molecule has 0 spiro atoms. The summed E-state index contributed by atoms with van der Waals surface area (Å²) < 4.78 is 0. The van der Waals surface area contributed by atoms with E-state index in [-0.39, 0.29) is 6.61 Å². The van der Waals surface area contributed by atoms with E-state index in [2.05, 4.69) is 14.9 Å². The normalized spacial score (nSPS) is 15.8. The average Bonchev–Trinajstić information content (AvgIpc) is 2.68. The number of nitrogens with zero attached hydrogens (tertiary/aromatic N) is 3. The number of amidine groups is 1. The summed E-state index contributed by atoms with van der Waals surface area (Å²) in [4.78, 5) is 10.5. The van der Waals surface area contributed by atoms with E-state index in [1.807, 2.05) is 12.1 Å². The van der Waals surface area contributed by atoms with Gasteiger partial charge in [0.05, 0.1) is 13.2 Å². The van der Waals surface area contributed by atoms with Crippen LogP contribution in [0.3, 0.4) is 0 Å². The highest BCUT2D eigenvalue weighted by atomic mass is 16.3. The summed E-state index contributed by atoms with van der Waals surface area (Å²) in [6.45, 7) is 2.52. The Kier molecular flexibility index (Phi) is 2.74. The summed E-state index contributed by atoms with van der Waals surface area (Å²) in [6.07, 6.45) is 3.55. The van der Waals surface area contributed by atoms with Crippen LogP contribution < -0.4 is 0 Å². The number of aliphatic imine (C=N–C) groups is 1. The number of aliphatic hydroxyl groups excluding tert-OH is 1. The molecule has 0 amide bonds. The molecule has 1 aromatic rings. The van der Waals surface area contributed by atoms with E-state index in [1.54, 1.807) is 12.4 Å². The summed E-state index contributed by atoms with van der Waals surface area (Å²) in [5, 5.41) is 8.88. The Morgan fingerprint density at radius 1 is 1.50 bits per heavy atom. The van der Waals surface area contributed by atoms with Gasteiger partial charge in [-0.2, -0.15) is 0 Å². The molecule has 1 aromatic heterocycles. The fourth-order valence-electron chi connectivity index (χ4n) is 1.59. The summed E-state index contributed by atoms with van der Waals surface area (Å²) >= 11 is 0. The van der Waals surface area contributed by atoms with Crippen LogP contribution in [0.4, 0.5) is 0 Å². The predicted octanol–water partition coefficient (Wildman–Crippen LogP) is 0.136. The maximum Gasteiger partial charge on any atom is 0.132 e. The van der Waals surface area contributed by atoms with Gasteiger partial charge in [0.15, 0.2) is 0 Å². The summed E-state index contributed by atoms with van der Waals surface area (Å²) in [7, 11) is 0. The molecule has 2 rings (SSSR count). The first-order valence-corrected chi connectivity index (χ1v) is 4.72. The van der Waals surface area contributed by atoms with Gasteiger partial charge < -0.3 is 10.0 Å². The second-order valence-electron chi connectivity index (χ2n) is 3.16. The molecule has 0 saturated carbocycles. The van der Waals surface area contributed by atoms with Crippen molar-refractivity contribution in [1.82, 2.24) is 9.88 Å². The standard InChI is InChI=1S/C10H13N3O/c14-7-6-13-5-4-12-10(13)9-2-1-3-11-8-9/h1-3,8,14H,4-7H2. The van der Waals surface area contributed by atoms with Crippen molar-refractivity contribution in [3.05, 3.63) is 30.1 Å². The van der Waals surface area contributed by atoms with Crippen LogP contribution in [0, 0.1) is 0 Å². The third-order valence-corrected chi connectivity index (χ3v) is 2.22. The van der Waals surface area contributed by atoms with E-state index >= 15 is 0 Å². The monoisotopic (exact) mass is 191 g/mol. The van der Waals surface area contributed by atoms with Crippen LogP contribution in [0.5, 0.6) is 0 Å². The van der Waals surface area contributed by atoms with Gasteiger partial charge in [-0.15, -0.1) is 0 Å². The van der Waals surface area contributed by atoms with Crippen LogP contribution in [0.1, 0.15) is 5.56 Å². The Balaban J connectivity index is 2.18. The van der Waals surface area contributed by atoms with Crippen molar-refractivity contribution in [3.63, 3.8) is 0 Å². The molecular weight excluding hydrogens is 178 g/mol. The zero-order valence-corrected chi connectivity index (χ0v) is 7.93. The highest BCUT2D eigenvalue weighted by Crippen LogP contribution is 2.09. The number of rotatable bonds is 3. The minimum Gasteiger partial charge on any atom is -0.395 e. The minimum absolute atomic E-state index is 0.166. The number of pyridine rings is 1. The van der Waals surface area contributed by atoms with Crippen LogP contribution in [-0.4, -0.2) is 47.1 Å². The van der Waals surface area contributed by atoms with Crippen LogP contribution in [0.2, 0.25) is 0 Å². The Morgan fingerprint density at radius 2 is 2.43 bits per heavy atom. The molecule has 4 heteroatoms. The first-order chi connectivity index (χ1) is 6.92. The molecule has 0 atom stereocenters. The second kappa shape index (κ2) is 4.19. The maximum atomic E-state index is 8.88. The number of hydrogen-bond donors (Lipinski definition) is 1. The Bertz CT molecular complexity index is 323. The van der Waals surface area contributed by atoms with Crippen LogP contribution in [0.15, 0.2) is 29.5 Å². The zero-order valence-electron chi connectivity index (χ0n) is 7.93. The molecule has 0 radical (unpaired) electrons. The van der Waals surface area contributed by atoms with Gasteiger partial charge in [0.1, 0.15) is 5.84 Å². The lowest BCUT2D eigenvalue weighted by Gasteiger charge is -2.18. The fourth-order valence-corrected chi connectivity index (χ4v) is 1.59. The lowest BCUT2D eigenvalue weighted by Crippen LogP contribution is -2.31. The average molecular weight is 191 g/mol. The van der Waals surface area contributed by atoms with E-state index < -0.39 is 0 Å². The first kappa shape index (κ1) is 9.15. The number of aliphatic hydroxyl groups is 1. The Hall–Kier alpha value is -1.42. The highest BCUT2D eigenvalue weighted by molar-refractivity contribution is 5.99. The summed E-state index contributed by atoms with van der Waals surface area (Å²) in [5.74, 6) is 0.951. The van der Waals surface area contributed by atoms with Gasteiger partial charge in [-0.05, 0) is 12.1 Å². The van der Waals surface area contributed by atoms with Gasteiger partial charge in [-0.25, -0.2) is 0 Å². The molecule has 1 N–H and O–H groups in total. The van der Waals surface area contributed by atoms with Gasteiger partial charge in [-0.1, -0.05) is 0 Å². The van der Waals surface area contributed by atoms with Crippen LogP contribution >= 0.6 is 0 Å². The van der Waals surface area contributed by atoms with Crippen molar-refractivity contribution in [1.29, 1.82) is 0 Å². The van der Waals surface area contributed by atoms with E-state index in [0.29, 0.717) is 6.54 Å². The lowest BCUT2D eigenvalue weighted by molar-refractivity contribution is 0.256. The van der Waals surface area contributed by atoms with Crippen molar-refractivity contribution in [2.45, 2.75) is 0 Å². The van der Waals surface area contributed by atoms with Crippen LogP contribution in [-0.2, 0) is 0 Å². The molecule has 14 heavy (non-hydrogen) atoms. The van der Waals surface area contributed by atoms with E-state index in [1.165, 1.54) is 0 Å². The first-order valence-electron chi connectivity index (χ1n) is 4.72. The fraction of sp³-hybridized carbons (Fsp3) is 0.400. The van der Waals surface area contributed by atoms with Gasteiger partial charge in [0.2, 0.25) is 0 Å². The third kappa shape index (κ3) is 1.75. The van der Waals surface area contributed by atoms with E-state index in [0.717, 1.165) is 24.5 Å². The van der Waals surface area contributed by atoms with Crippen LogP contribution in [0.25, 0.3) is 0 Å². The summed E-state index contributed by atoms with van der Waals surface area (Å²) in [5.41, 5.74) is 1.03. The zero-order chi connectivity index (χ0) is 9.80. The molecule has 2 heterocycles. The van der Waals surface area contributed by atoms with Gasteiger partial charge in [0, 0.05) is 31.0 Å². The minimum atomic E-state index is 0.166. The van der Waals surface area contributed by atoms with Crippen molar-refractivity contribution in [2.24, 2.45) is 4.99 Å². The molecule has 0 unspecified atom stereocenters. The van der Waals surface area contributed by atoms with E-state index in [9.17, 15) is 0 Å². The topological polar surface area (TPSA) is 48.7 Å². The van der Waals surface area contributed by atoms with Gasteiger partial charge >= 0.3 is 0 Å². The number of hydrogen-bond acceptors (Lipinski definition) is 4. The largest absolute Gasteiger partial charge is 0.395 e. The third-order valence-electron chi connectivity index (χ3n) is 2.22. The van der Waals surface area contributed by atoms with Crippen molar-refractivity contribution in [2.75, 3.05) is 26.2 Å². The molecule has 0 fully saturated rings. The maximum absolute atomic E-state index is 8.88. The van der Waals surface area contributed by atoms with Gasteiger partial charge in [-0.3, -0.25) is 9.98 Å². The molecular formula is C10H13N3O. The number of β-amino-alcohol motifs (C(OH)–C–C–N with tert-alkyl or cyclic N) is 1. The number of aromatic nitrogens is 1. The van der Waals surface area contributed by atoms with Crippen molar-refractivity contribution >= 4 is 5.84 Å². The Morgan fingerprint density at radius 3 is 3.14 bits per heavy atom. The molecule has 4 nitrogen and oxygen atoms in total. The molecule has 1 aliphatic rings. The van der Waals surface area contributed by atoms with E-state index in [4.69, 9.17) is 5.11 Å². The second-order valence-corrected chi connectivity index (χ2v) is 3.16. The van der Waals surface area contributed by atoms with Crippen molar-refractivity contribution < 1.29 is 5.11 Å².